The van der Waals surface area contributed by atoms with Crippen molar-refractivity contribution in [3.63, 3.8) is 0 Å². The van der Waals surface area contributed by atoms with Crippen LogP contribution in [-0.2, 0) is 5.41 Å². The quantitative estimate of drug-likeness (QED) is 0.175. The molecule has 0 saturated heterocycles. The molecule has 1 aliphatic rings. The van der Waals surface area contributed by atoms with Gasteiger partial charge in [-0.1, -0.05) is 117 Å². The second-order valence-electron chi connectivity index (χ2n) is 15.4. The average Bonchev–Trinajstić information content (AvgIpc) is 3.86. The number of hydrogen-bond acceptors (Lipinski definition) is 0. The third kappa shape index (κ3) is 3.85. The molecule has 0 radical (unpaired) electrons. The van der Waals surface area contributed by atoms with Gasteiger partial charge >= 0.3 is 0 Å². The molecule has 8 aromatic carbocycles. The van der Waals surface area contributed by atoms with Crippen molar-refractivity contribution in [2.75, 3.05) is 0 Å². The lowest BCUT2D eigenvalue weighted by Gasteiger charge is -2.35. The summed E-state index contributed by atoms with van der Waals surface area (Å²) >= 11 is 0. The maximum Gasteiger partial charge on any atom is 0.0583 e. The zero-order chi connectivity index (χ0) is 35.7. The summed E-state index contributed by atoms with van der Waals surface area (Å²) in [5, 5.41) is 7.64. The maximum absolute atomic E-state index is 2.50. The van der Waals surface area contributed by atoms with E-state index in [9.17, 15) is 0 Å². The first-order valence-corrected chi connectivity index (χ1v) is 18.9. The van der Waals surface area contributed by atoms with E-state index in [4.69, 9.17) is 0 Å². The molecule has 3 heteroatoms. The van der Waals surface area contributed by atoms with Crippen molar-refractivity contribution < 1.29 is 0 Å². The van der Waals surface area contributed by atoms with Gasteiger partial charge in [-0.3, -0.25) is 0 Å². The number of aromatic nitrogens is 3. The second kappa shape index (κ2) is 10.6. The van der Waals surface area contributed by atoms with Crippen LogP contribution in [0.5, 0.6) is 0 Å². The highest BCUT2D eigenvalue weighted by molar-refractivity contribution is 6.15. The van der Waals surface area contributed by atoms with Crippen molar-refractivity contribution in [3.8, 4) is 28.2 Å². The number of hydrogen-bond donors (Lipinski definition) is 0. The second-order valence-corrected chi connectivity index (χ2v) is 15.4. The highest BCUT2D eigenvalue weighted by atomic mass is 15.0. The molecule has 0 N–H and O–H groups in total. The third-order valence-corrected chi connectivity index (χ3v) is 12.2. The molecule has 0 unspecified atom stereocenters. The smallest absolute Gasteiger partial charge is 0.0583 e. The summed E-state index contributed by atoms with van der Waals surface area (Å²) in [6.07, 6.45) is 0. The Kier molecular flexibility index (Phi) is 5.84. The van der Waals surface area contributed by atoms with Gasteiger partial charge in [-0.2, -0.15) is 0 Å². The topological polar surface area (TPSA) is 14.8 Å². The summed E-state index contributed by atoms with van der Waals surface area (Å²) in [7, 11) is 0. The molecule has 54 heavy (non-hydrogen) atoms. The minimum atomic E-state index is -0.177. The standard InChI is InChI=1S/C51H35N3/c1-51(2)42-19-9-13-23-49(42)54-46-22-12-8-18-38(46)41-30-35(31-43(51)50(41)54)53-45-21-11-7-17-37(45)40-29-33(25-27-48(40)53)32-24-26-47-39(28-32)36-16-6-10-20-44(36)52(47)34-14-4-3-5-15-34/h3-31H,1-2H3. The van der Waals surface area contributed by atoms with Gasteiger partial charge in [0, 0.05) is 49.1 Å². The summed E-state index contributed by atoms with van der Waals surface area (Å²) in [6.45, 7) is 4.77. The van der Waals surface area contributed by atoms with Crippen LogP contribution in [0.4, 0.5) is 0 Å². The normalized spacial score (nSPS) is 13.5. The summed E-state index contributed by atoms with van der Waals surface area (Å²) in [4.78, 5) is 0. The van der Waals surface area contributed by atoms with Crippen LogP contribution in [0.2, 0.25) is 0 Å². The molecule has 11 aromatic rings. The molecule has 254 valence electrons. The molecule has 3 aromatic heterocycles. The number of rotatable bonds is 3. The van der Waals surface area contributed by atoms with Crippen LogP contribution in [-0.4, -0.2) is 13.7 Å². The first kappa shape index (κ1) is 29.7. The Balaban J connectivity index is 1.09. The lowest BCUT2D eigenvalue weighted by atomic mass is 9.74. The van der Waals surface area contributed by atoms with Crippen LogP contribution >= 0.6 is 0 Å². The van der Waals surface area contributed by atoms with Gasteiger partial charge in [-0.05, 0) is 95.1 Å². The monoisotopic (exact) mass is 689 g/mol. The van der Waals surface area contributed by atoms with Crippen molar-refractivity contribution in [2.24, 2.45) is 0 Å². The molecule has 3 nitrogen and oxygen atoms in total. The van der Waals surface area contributed by atoms with E-state index in [0.717, 1.165) is 0 Å². The van der Waals surface area contributed by atoms with E-state index in [1.165, 1.54) is 105 Å². The Morgan fingerprint density at radius 1 is 0.333 bits per heavy atom. The van der Waals surface area contributed by atoms with Gasteiger partial charge in [0.25, 0.3) is 0 Å². The summed E-state index contributed by atoms with van der Waals surface area (Å²) < 4.78 is 7.37. The highest BCUT2D eigenvalue weighted by Crippen LogP contribution is 2.49. The fourth-order valence-electron chi connectivity index (χ4n) is 9.72. The lowest BCUT2D eigenvalue weighted by Crippen LogP contribution is -2.26. The van der Waals surface area contributed by atoms with Gasteiger partial charge in [-0.15, -0.1) is 0 Å². The summed E-state index contributed by atoms with van der Waals surface area (Å²) in [6, 6.07) is 65.1. The van der Waals surface area contributed by atoms with E-state index in [1.807, 2.05) is 0 Å². The van der Waals surface area contributed by atoms with Gasteiger partial charge in [0.05, 0.1) is 38.8 Å². The van der Waals surface area contributed by atoms with Crippen LogP contribution in [0.15, 0.2) is 176 Å². The molecule has 1 aliphatic heterocycles. The van der Waals surface area contributed by atoms with Crippen molar-refractivity contribution >= 4 is 65.4 Å². The van der Waals surface area contributed by atoms with Gasteiger partial charge in [0.15, 0.2) is 0 Å². The van der Waals surface area contributed by atoms with Crippen molar-refractivity contribution in [3.05, 3.63) is 187 Å². The van der Waals surface area contributed by atoms with Crippen LogP contribution in [0.1, 0.15) is 25.0 Å². The van der Waals surface area contributed by atoms with Crippen LogP contribution in [0, 0.1) is 0 Å². The zero-order valence-corrected chi connectivity index (χ0v) is 30.1. The SMILES string of the molecule is CC1(C)c2ccccc2-n2c3ccccc3c3cc(-n4c5ccccc5c5cc(-c6ccc7c(c6)c6ccccc6n7-c6ccccc6)ccc54)cc1c32. The van der Waals surface area contributed by atoms with Crippen LogP contribution in [0.25, 0.3) is 93.6 Å². The molecule has 0 aliphatic carbocycles. The number of para-hydroxylation sites is 5. The number of fused-ring (bicyclic) bond motifs is 11. The van der Waals surface area contributed by atoms with Gasteiger partial charge < -0.3 is 13.7 Å². The largest absolute Gasteiger partial charge is 0.309 e. The molecule has 0 saturated carbocycles. The average molecular weight is 690 g/mol. The maximum atomic E-state index is 2.50. The molecule has 4 heterocycles. The Bertz CT molecular complexity index is 3350. The lowest BCUT2D eigenvalue weighted by molar-refractivity contribution is 0.630. The highest BCUT2D eigenvalue weighted by Gasteiger charge is 2.35. The summed E-state index contributed by atoms with van der Waals surface area (Å²) in [5.41, 5.74) is 16.1. The predicted octanol–water partition coefficient (Wildman–Crippen LogP) is 13.3. The predicted molar refractivity (Wildman–Crippen MR) is 227 cm³/mol. The fraction of sp³-hybridized carbons (Fsp3) is 0.0588. The van der Waals surface area contributed by atoms with Crippen molar-refractivity contribution in [1.29, 1.82) is 0 Å². The van der Waals surface area contributed by atoms with Crippen LogP contribution in [0.3, 0.4) is 0 Å². The van der Waals surface area contributed by atoms with Crippen LogP contribution < -0.4 is 0 Å². The zero-order valence-electron chi connectivity index (χ0n) is 30.1. The first-order chi connectivity index (χ1) is 26.6. The van der Waals surface area contributed by atoms with Crippen molar-refractivity contribution in [1.82, 2.24) is 13.7 Å². The van der Waals surface area contributed by atoms with E-state index < -0.39 is 0 Å². The summed E-state index contributed by atoms with van der Waals surface area (Å²) in [5.74, 6) is 0. The molecular formula is C51H35N3. The van der Waals surface area contributed by atoms with Crippen molar-refractivity contribution in [2.45, 2.75) is 19.3 Å². The van der Waals surface area contributed by atoms with E-state index in [-0.39, 0.29) is 5.41 Å². The number of nitrogens with zero attached hydrogens (tertiary/aromatic N) is 3. The Morgan fingerprint density at radius 2 is 0.815 bits per heavy atom. The molecule has 0 amide bonds. The van der Waals surface area contributed by atoms with Gasteiger partial charge in [-0.25, -0.2) is 0 Å². The molecule has 0 spiro atoms. The first-order valence-electron chi connectivity index (χ1n) is 18.9. The molecule has 0 fully saturated rings. The van der Waals surface area contributed by atoms with E-state index in [2.05, 4.69) is 203 Å². The van der Waals surface area contributed by atoms with Gasteiger partial charge in [0.1, 0.15) is 0 Å². The van der Waals surface area contributed by atoms with E-state index in [1.54, 1.807) is 0 Å². The number of benzene rings is 8. The Hall–Kier alpha value is -6.84. The third-order valence-electron chi connectivity index (χ3n) is 12.2. The fourth-order valence-corrected chi connectivity index (χ4v) is 9.72. The van der Waals surface area contributed by atoms with Gasteiger partial charge in [0.2, 0.25) is 0 Å². The Labute approximate surface area is 312 Å². The minimum absolute atomic E-state index is 0.177. The van der Waals surface area contributed by atoms with E-state index in [0.29, 0.717) is 0 Å². The molecular weight excluding hydrogens is 655 g/mol. The Morgan fingerprint density at radius 3 is 1.44 bits per heavy atom. The molecule has 12 rings (SSSR count). The molecule has 0 atom stereocenters. The minimum Gasteiger partial charge on any atom is -0.309 e. The van der Waals surface area contributed by atoms with E-state index >= 15 is 0 Å². The molecule has 0 bridgehead atoms.